The van der Waals surface area contributed by atoms with E-state index in [1.165, 1.54) is 0 Å². The van der Waals surface area contributed by atoms with Gasteiger partial charge in [-0.05, 0) is 0 Å². The van der Waals surface area contributed by atoms with E-state index in [0.29, 0.717) is 0 Å². The van der Waals surface area contributed by atoms with Gasteiger partial charge in [-0.3, -0.25) is 0 Å². The van der Waals surface area contributed by atoms with Crippen LogP contribution in [-0.4, -0.2) is 126 Å². The van der Waals surface area contributed by atoms with Crippen molar-refractivity contribution in [3.63, 3.8) is 0 Å². The lowest BCUT2D eigenvalue weighted by Gasteiger charge is -2.37. The number of aliphatic hydroxyl groups is 10. The van der Waals surface area contributed by atoms with Crippen LogP contribution in [0.25, 0.3) is 0 Å². The van der Waals surface area contributed by atoms with Gasteiger partial charge in [0.05, 0.1) is 19.8 Å². The van der Waals surface area contributed by atoms with Gasteiger partial charge in [0.15, 0.2) is 6.29 Å². The first kappa shape index (κ1) is 21.6. The normalized spacial score (nSPS) is 48.8. The molecular weight excluding hydrogens is 336 g/mol. The summed E-state index contributed by atoms with van der Waals surface area (Å²) in [5.41, 5.74) is 0. The third-order valence-electron chi connectivity index (χ3n) is 3.80. The van der Waals surface area contributed by atoms with Crippen LogP contribution in [0.4, 0.5) is 0 Å². The molecule has 0 radical (unpaired) electrons. The third-order valence-corrected chi connectivity index (χ3v) is 3.80. The molecule has 2 aliphatic heterocycles. The molecule has 2 saturated heterocycles. The second kappa shape index (κ2) is 8.75. The van der Waals surface area contributed by atoms with Crippen LogP contribution < -0.4 is 0 Å². The van der Waals surface area contributed by atoms with Gasteiger partial charge in [-0.1, -0.05) is 0 Å². The second-order valence-corrected chi connectivity index (χ2v) is 5.50. The molecule has 2 fully saturated rings. The van der Waals surface area contributed by atoms with Crippen molar-refractivity contribution in [3.05, 3.63) is 0 Å². The molecule has 24 heavy (non-hydrogen) atoms. The molecule has 12 nitrogen and oxygen atoms in total. The molecule has 2 rings (SSSR count). The summed E-state index contributed by atoms with van der Waals surface area (Å²) >= 11 is 0. The largest absolute Gasteiger partial charge is 0.394 e. The summed E-state index contributed by atoms with van der Waals surface area (Å²) in [7, 11) is 0. The minimum Gasteiger partial charge on any atom is -0.394 e. The number of aliphatic hydroxyl groups excluding tert-OH is 9. The van der Waals surface area contributed by atoms with Gasteiger partial charge in [0.2, 0.25) is 5.79 Å². The van der Waals surface area contributed by atoms with Crippen LogP contribution >= 0.6 is 0 Å². The number of hydrogen-bond acceptors (Lipinski definition) is 12. The molecule has 0 bridgehead atoms. The van der Waals surface area contributed by atoms with Crippen LogP contribution in [0.2, 0.25) is 0 Å². The molecule has 0 amide bonds. The van der Waals surface area contributed by atoms with E-state index in [0.717, 1.165) is 0 Å². The molecule has 0 aliphatic carbocycles. The van der Waals surface area contributed by atoms with E-state index in [1.54, 1.807) is 0 Å². The fraction of sp³-hybridized carbons (Fsp3) is 1.00. The molecule has 0 aromatic heterocycles. The minimum atomic E-state index is -2.16. The Labute approximate surface area is 136 Å². The third kappa shape index (κ3) is 4.37. The highest BCUT2D eigenvalue weighted by molar-refractivity contribution is 4.94. The molecular formula is C12H24O12. The highest BCUT2D eigenvalue weighted by Gasteiger charge is 2.52. The van der Waals surface area contributed by atoms with Crippen molar-refractivity contribution in [2.24, 2.45) is 0 Å². The maximum atomic E-state index is 9.25. The Hall–Kier alpha value is -0.480. The fourth-order valence-electron chi connectivity index (χ4n) is 2.23. The van der Waals surface area contributed by atoms with Gasteiger partial charge in [0.25, 0.3) is 0 Å². The zero-order valence-electron chi connectivity index (χ0n) is 12.5. The lowest BCUT2D eigenvalue weighted by atomic mass is 10.00. The van der Waals surface area contributed by atoms with Gasteiger partial charge < -0.3 is 60.5 Å². The summed E-state index contributed by atoms with van der Waals surface area (Å²) in [6.45, 7) is -1.88. The Morgan fingerprint density at radius 2 is 1.25 bits per heavy atom. The summed E-state index contributed by atoms with van der Waals surface area (Å²) in [5, 5.41) is 89.3. The molecule has 2 aliphatic rings. The lowest BCUT2D eigenvalue weighted by Crippen LogP contribution is -2.58. The molecule has 0 aromatic carbocycles. The highest BCUT2D eigenvalue weighted by Crippen LogP contribution is 2.28. The summed E-state index contributed by atoms with van der Waals surface area (Å²) < 4.78 is 9.20. The van der Waals surface area contributed by atoms with Crippen molar-refractivity contribution in [2.45, 2.75) is 54.8 Å². The van der Waals surface area contributed by atoms with E-state index in [4.69, 9.17) is 46.0 Å². The van der Waals surface area contributed by atoms with Crippen LogP contribution in [0.1, 0.15) is 0 Å². The molecule has 144 valence electrons. The van der Waals surface area contributed by atoms with Crippen LogP contribution in [0, 0.1) is 0 Å². The summed E-state index contributed by atoms with van der Waals surface area (Å²) in [5.74, 6) is -2.16. The van der Waals surface area contributed by atoms with E-state index < -0.39 is 74.6 Å². The van der Waals surface area contributed by atoms with Crippen molar-refractivity contribution >= 4 is 0 Å². The standard InChI is InChI=1S/2C6H12O6/c7-1-3-4(9)5(10)6(11,2-8)12-3;7-1-2-3(8)4(9)5(10)6(11)12-2/h3-5,7-11H,1-2H2;2-11H,1H2/t3-,4-,5+,6-;2-,3-,4+,5-,6?/m11/s1. The van der Waals surface area contributed by atoms with E-state index >= 15 is 0 Å². The Morgan fingerprint density at radius 1 is 0.708 bits per heavy atom. The lowest BCUT2D eigenvalue weighted by molar-refractivity contribution is -0.286. The molecule has 0 aromatic rings. The maximum absolute atomic E-state index is 9.25. The molecule has 10 N–H and O–H groups in total. The molecule has 12 heteroatoms. The van der Waals surface area contributed by atoms with Gasteiger partial charge in [-0.15, -0.1) is 0 Å². The molecule has 1 unspecified atom stereocenters. The van der Waals surface area contributed by atoms with Crippen molar-refractivity contribution in [1.29, 1.82) is 0 Å². The van der Waals surface area contributed by atoms with E-state index in [2.05, 4.69) is 9.47 Å². The smallest absolute Gasteiger partial charge is 0.219 e. The van der Waals surface area contributed by atoms with Crippen molar-refractivity contribution in [2.75, 3.05) is 19.8 Å². The Kier molecular flexibility index (Phi) is 7.86. The number of hydrogen-bond donors (Lipinski definition) is 10. The van der Waals surface area contributed by atoms with Gasteiger partial charge >= 0.3 is 0 Å². The van der Waals surface area contributed by atoms with Crippen molar-refractivity contribution in [3.8, 4) is 0 Å². The van der Waals surface area contributed by atoms with Gasteiger partial charge in [-0.25, -0.2) is 0 Å². The maximum Gasteiger partial charge on any atom is 0.219 e. The Bertz CT molecular complexity index is 371. The zero-order valence-corrected chi connectivity index (χ0v) is 12.5. The van der Waals surface area contributed by atoms with Gasteiger partial charge in [-0.2, -0.15) is 0 Å². The van der Waals surface area contributed by atoms with Gasteiger partial charge in [0.1, 0.15) is 42.7 Å². The van der Waals surface area contributed by atoms with E-state index in [9.17, 15) is 5.11 Å². The fourth-order valence-corrected chi connectivity index (χ4v) is 2.23. The monoisotopic (exact) mass is 360 g/mol. The second-order valence-electron chi connectivity index (χ2n) is 5.50. The van der Waals surface area contributed by atoms with E-state index in [-0.39, 0.29) is 0 Å². The SMILES string of the molecule is OC[C@H]1OC(O)[C@H](O)[C@@H](O)[C@@H]1O.OC[C@H]1O[C@](O)(CO)[C@@H](O)[C@@H]1O. The van der Waals surface area contributed by atoms with Crippen LogP contribution in [-0.2, 0) is 9.47 Å². The van der Waals surface area contributed by atoms with Crippen molar-refractivity contribution in [1.82, 2.24) is 0 Å². The van der Waals surface area contributed by atoms with Crippen LogP contribution in [0.5, 0.6) is 0 Å². The topological polar surface area (TPSA) is 221 Å². The predicted octanol–water partition coefficient (Wildman–Crippen LogP) is -6.44. The van der Waals surface area contributed by atoms with Crippen LogP contribution in [0.3, 0.4) is 0 Å². The Balaban J connectivity index is 0.000000240. The average molecular weight is 360 g/mol. The molecule has 2 heterocycles. The minimum absolute atomic E-state index is 0.526. The average Bonchev–Trinajstić information content (AvgIpc) is 2.81. The van der Waals surface area contributed by atoms with Crippen LogP contribution in [0.15, 0.2) is 0 Å². The quantitative estimate of drug-likeness (QED) is 0.227. The summed E-state index contributed by atoms with van der Waals surface area (Å²) in [6, 6.07) is 0. The Morgan fingerprint density at radius 3 is 1.62 bits per heavy atom. The first-order valence-electron chi connectivity index (χ1n) is 7.09. The highest BCUT2D eigenvalue weighted by atomic mass is 16.7. The first-order chi connectivity index (χ1) is 11.1. The van der Waals surface area contributed by atoms with Crippen molar-refractivity contribution < 1.29 is 60.5 Å². The number of ether oxygens (including phenoxy) is 2. The molecule has 9 atom stereocenters. The predicted molar refractivity (Wildman–Crippen MR) is 72.0 cm³/mol. The van der Waals surface area contributed by atoms with E-state index in [1.807, 2.05) is 0 Å². The first-order valence-corrected chi connectivity index (χ1v) is 7.09. The summed E-state index contributed by atoms with van der Waals surface area (Å²) in [4.78, 5) is 0. The van der Waals surface area contributed by atoms with Gasteiger partial charge in [0, 0.05) is 0 Å². The number of rotatable bonds is 3. The molecule has 0 spiro atoms. The summed E-state index contributed by atoms with van der Waals surface area (Å²) in [6.07, 6.45) is -11.1. The zero-order chi connectivity index (χ0) is 18.7. The molecule has 0 saturated carbocycles.